The highest BCUT2D eigenvalue weighted by molar-refractivity contribution is 7.16. The van der Waals surface area contributed by atoms with E-state index in [9.17, 15) is 4.79 Å². The van der Waals surface area contributed by atoms with E-state index in [0.717, 1.165) is 14.8 Å². The second-order valence-corrected chi connectivity index (χ2v) is 6.40. The van der Waals surface area contributed by atoms with Crippen LogP contribution in [0.3, 0.4) is 0 Å². The molecule has 20 heavy (non-hydrogen) atoms. The first-order valence-electron chi connectivity index (χ1n) is 6.41. The van der Waals surface area contributed by atoms with E-state index < -0.39 is 0 Å². The lowest BCUT2D eigenvalue weighted by molar-refractivity contribution is 0.0753. The standard InChI is InChI=1S/C15H17ClN2OS/c1-3-18(9-12-5-7-14(16)20-12)15(19)13-6-4-11(17)8-10(13)2/h4-8H,3,9,17H2,1-2H3. The van der Waals surface area contributed by atoms with E-state index in [4.69, 9.17) is 17.3 Å². The smallest absolute Gasteiger partial charge is 0.254 e. The molecule has 0 aliphatic carbocycles. The summed E-state index contributed by atoms with van der Waals surface area (Å²) in [5, 5.41) is 0. The Bertz CT molecular complexity index is 624. The van der Waals surface area contributed by atoms with Crippen LogP contribution < -0.4 is 5.73 Å². The minimum Gasteiger partial charge on any atom is -0.399 e. The van der Waals surface area contributed by atoms with Crippen LogP contribution in [0.25, 0.3) is 0 Å². The monoisotopic (exact) mass is 308 g/mol. The fourth-order valence-corrected chi connectivity index (χ4v) is 3.15. The van der Waals surface area contributed by atoms with Gasteiger partial charge in [-0.15, -0.1) is 11.3 Å². The highest BCUT2D eigenvalue weighted by atomic mass is 35.5. The summed E-state index contributed by atoms with van der Waals surface area (Å²) in [4.78, 5) is 15.5. The zero-order valence-electron chi connectivity index (χ0n) is 11.5. The third kappa shape index (κ3) is 3.32. The first-order chi connectivity index (χ1) is 9.51. The van der Waals surface area contributed by atoms with Gasteiger partial charge in [-0.1, -0.05) is 11.6 Å². The molecule has 0 saturated heterocycles. The average molecular weight is 309 g/mol. The van der Waals surface area contributed by atoms with Crippen molar-refractivity contribution in [2.45, 2.75) is 20.4 Å². The van der Waals surface area contributed by atoms with Crippen LogP contribution in [0.5, 0.6) is 0 Å². The van der Waals surface area contributed by atoms with Crippen molar-refractivity contribution in [3.05, 3.63) is 50.7 Å². The minimum atomic E-state index is 0.0227. The average Bonchev–Trinajstić information content (AvgIpc) is 2.81. The lowest BCUT2D eigenvalue weighted by atomic mass is 10.1. The van der Waals surface area contributed by atoms with Crippen molar-refractivity contribution >= 4 is 34.5 Å². The van der Waals surface area contributed by atoms with Crippen LogP contribution in [0.15, 0.2) is 30.3 Å². The Hall–Kier alpha value is -1.52. The summed E-state index contributed by atoms with van der Waals surface area (Å²) >= 11 is 7.43. The molecular weight excluding hydrogens is 292 g/mol. The summed E-state index contributed by atoms with van der Waals surface area (Å²) in [6, 6.07) is 9.18. The van der Waals surface area contributed by atoms with Gasteiger partial charge in [0.25, 0.3) is 5.91 Å². The molecule has 0 atom stereocenters. The van der Waals surface area contributed by atoms with Gasteiger partial charge in [0, 0.05) is 22.7 Å². The maximum Gasteiger partial charge on any atom is 0.254 e. The number of hydrogen-bond acceptors (Lipinski definition) is 3. The number of halogens is 1. The number of hydrogen-bond donors (Lipinski definition) is 1. The van der Waals surface area contributed by atoms with E-state index in [1.54, 1.807) is 17.0 Å². The second kappa shape index (κ2) is 6.29. The van der Waals surface area contributed by atoms with Gasteiger partial charge in [0.1, 0.15) is 0 Å². The number of thiophene rings is 1. The zero-order valence-corrected chi connectivity index (χ0v) is 13.1. The van der Waals surface area contributed by atoms with Gasteiger partial charge in [0.15, 0.2) is 0 Å². The SMILES string of the molecule is CCN(Cc1ccc(Cl)s1)C(=O)c1ccc(N)cc1C. The van der Waals surface area contributed by atoms with Crippen molar-refractivity contribution in [2.24, 2.45) is 0 Å². The molecule has 0 aliphatic rings. The number of nitrogens with two attached hydrogens (primary N) is 1. The van der Waals surface area contributed by atoms with Gasteiger partial charge in [-0.2, -0.15) is 0 Å². The Morgan fingerprint density at radius 3 is 2.65 bits per heavy atom. The molecule has 0 spiro atoms. The van der Waals surface area contributed by atoms with Crippen molar-refractivity contribution in [3.63, 3.8) is 0 Å². The van der Waals surface area contributed by atoms with Crippen LogP contribution in [0.4, 0.5) is 5.69 Å². The van der Waals surface area contributed by atoms with Gasteiger partial charge in [0.05, 0.1) is 10.9 Å². The third-order valence-electron chi connectivity index (χ3n) is 3.13. The lowest BCUT2D eigenvalue weighted by Crippen LogP contribution is -2.30. The van der Waals surface area contributed by atoms with Gasteiger partial charge in [-0.25, -0.2) is 0 Å². The van der Waals surface area contributed by atoms with Crippen LogP contribution in [0.1, 0.15) is 27.7 Å². The summed E-state index contributed by atoms with van der Waals surface area (Å²) in [6.45, 7) is 5.11. The Labute approximate surface area is 128 Å². The number of carbonyl (C=O) groups is 1. The first kappa shape index (κ1) is 14.9. The number of aryl methyl sites for hydroxylation is 1. The lowest BCUT2D eigenvalue weighted by Gasteiger charge is -2.21. The molecule has 0 fully saturated rings. The highest BCUT2D eigenvalue weighted by Gasteiger charge is 2.17. The van der Waals surface area contributed by atoms with Gasteiger partial charge in [-0.05, 0) is 49.7 Å². The molecule has 0 aliphatic heterocycles. The minimum absolute atomic E-state index is 0.0227. The third-order valence-corrected chi connectivity index (χ3v) is 4.34. The quantitative estimate of drug-likeness (QED) is 0.869. The van der Waals surface area contributed by atoms with Crippen LogP contribution in [0.2, 0.25) is 4.34 Å². The zero-order chi connectivity index (χ0) is 14.7. The Kier molecular flexibility index (Phi) is 4.68. The van der Waals surface area contributed by atoms with E-state index in [1.807, 2.05) is 32.0 Å². The number of nitrogens with zero attached hydrogens (tertiary/aromatic N) is 1. The van der Waals surface area contributed by atoms with Crippen LogP contribution in [-0.4, -0.2) is 17.4 Å². The van der Waals surface area contributed by atoms with Crippen molar-refractivity contribution in [2.75, 3.05) is 12.3 Å². The number of benzene rings is 1. The molecule has 106 valence electrons. The number of nitrogen functional groups attached to an aromatic ring is 1. The molecule has 0 radical (unpaired) electrons. The largest absolute Gasteiger partial charge is 0.399 e. The Morgan fingerprint density at radius 2 is 2.10 bits per heavy atom. The molecule has 0 bridgehead atoms. The van der Waals surface area contributed by atoms with Crippen molar-refractivity contribution in [3.8, 4) is 0 Å². The molecule has 1 heterocycles. The summed E-state index contributed by atoms with van der Waals surface area (Å²) in [6.07, 6.45) is 0. The van der Waals surface area contributed by atoms with Gasteiger partial charge in [0.2, 0.25) is 0 Å². The van der Waals surface area contributed by atoms with Gasteiger partial charge < -0.3 is 10.6 Å². The van der Waals surface area contributed by atoms with Crippen LogP contribution in [-0.2, 0) is 6.54 Å². The summed E-state index contributed by atoms with van der Waals surface area (Å²) in [5.74, 6) is 0.0227. The highest BCUT2D eigenvalue weighted by Crippen LogP contribution is 2.24. The van der Waals surface area contributed by atoms with E-state index in [0.29, 0.717) is 24.3 Å². The maximum absolute atomic E-state index is 12.6. The van der Waals surface area contributed by atoms with Crippen molar-refractivity contribution < 1.29 is 4.79 Å². The van der Waals surface area contributed by atoms with Crippen LogP contribution in [0, 0.1) is 6.92 Å². The van der Waals surface area contributed by atoms with E-state index in [-0.39, 0.29) is 5.91 Å². The summed E-state index contributed by atoms with van der Waals surface area (Å²) in [7, 11) is 0. The Morgan fingerprint density at radius 1 is 1.35 bits per heavy atom. The fraction of sp³-hybridized carbons (Fsp3) is 0.267. The topological polar surface area (TPSA) is 46.3 Å². The molecule has 3 nitrogen and oxygen atoms in total. The molecule has 2 N–H and O–H groups in total. The van der Waals surface area contributed by atoms with E-state index >= 15 is 0 Å². The molecule has 1 amide bonds. The number of rotatable bonds is 4. The molecular formula is C15H17ClN2OS. The first-order valence-corrected chi connectivity index (χ1v) is 7.60. The van der Waals surface area contributed by atoms with Gasteiger partial charge >= 0.3 is 0 Å². The predicted molar refractivity (Wildman–Crippen MR) is 85.3 cm³/mol. The van der Waals surface area contributed by atoms with E-state index in [2.05, 4.69) is 0 Å². The second-order valence-electron chi connectivity index (χ2n) is 4.60. The van der Waals surface area contributed by atoms with E-state index in [1.165, 1.54) is 11.3 Å². The number of anilines is 1. The van der Waals surface area contributed by atoms with Crippen LogP contribution >= 0.6 is 22.9 Å². The molecule has 0 unspecified atom stereocenters. The number of carbonyl (C=O) groups excluding carboxylic acids is 1. The summed E-state index contributed by atoms with van der Waals surface area (Å²) < 4.78 is 0.743. The molecule has 2 rings (SSSR count). The van der Waals surface area contributed by atoms with Gasteiger partial charge in [-0.3, -0.25) is 4.79 Å². The summed E-state index contributed by atoms with van der Waals surface area (Å²) in [5.41, 5.74) is 8.00. The molecule has 1 aromatic carbocycles. The number of amides is 1. The molecule has 0 saturated carbocycles. The molecule has 5 heteroatoms. The molecule has 2 aromatic rings. The van der Waals surface area contributed by atoms with Crippen molar-refractivity contribution in [1.82, 2.24) is 4.90 Å². The molecule has 1 aromatic heterocycles. The predicted octanol–water partition coefficient (Wildman–Crippen LogP) is 3.95. The fourth-order valence-electron chi connectivity index (χ4n) is 2.05. The van der Waals surface area contributed by atoms with Crippen molar-refractivity contribution in [1.29, 1.82) is 0 Å². The Balaban J connectivity index is 2.20. The normalized spacial score (nSPS) is 10.6. The maximum atomic E-state index is 12.6.